The third kappa shape index (κ3) is 4.04. The van der Waals surface area contributed by atoms with E-state index in [-0.39, 0.29) is 12.5 Å². The number of nitrogens with zero attached hydrogens (tertiary/aromatic N) is 5. The van der Waals surface area contributed by atoms with Gasteiger partial charge in [0.25, 0.3) is 0 Å². The largest absolute Gasteiger partial charge is 0.496 e. The number of piperidine rings is 1. The van der Waals surface area contributed by atoms with Gasteiger partial charge in [0.15, 0.2) is 5.82 Å². The highest BCUT2D eigenvalue weighted by Crippen LogP contribution is 2.51. The number of nitrogens with one attached hydrogen (secondary N) is 1. The summed E-state index contributed by atoms with van der Waals surface area (Å²) in [6, 6.07) is 7.76. The number of carbonyl (C=O) groups excluding carboxylic acids is 1. The summed E-state index contributed by atoms with van der Waals surface area (Å²) in [5, 5.41) is 3.06. The number of anilines is 2. The summed E-state index contributed by atoms with van der Waals surface area (Å²) >= 11 is 0. The van der Waals surface area contributed by atoms with Gasteiger partial charge in [-0.2, -0.15) is 15.0 Å². The normalized spacial score (nSPS) is 17.4. The number of amides is 1. The van der Waals surface area contributed by atoms with Crippen molar-refractivity contribution in [2.24, 2.45) is 0 Å². The second-order valence-electron chi connectivity index (χ2n) is 8.26. The first-order chi connectivity index (χ1) is 14.5. The Balaban J connectivity index is 1.51. The lowest BCUT2D eigenvalue weighted by Gasteiger charge is -2.27. The second-order valence-corrected chi connectivity index (χ2v) is 8.26. The molecule has 2 fully saturated rings. The van der Waals surface area contributed by atoms with E-state index in [0.717, 1.165) is 50.1 Å². The van der Waals surface area contributed by atoms with Gasteiger partial charge in [0.2, 0.25) is 17.8 Å². The molecule has 1 aromatic heterocycles. The summed E-state index contributed by atoms with van der Waals surface area (Å²) < 4.78 is 5.49. The average Bonchev–Trinajstić information content (AvgIpc) is 3.60. The molecular formula is C22H30N6O2. The maximum absolute atomic E-state index is 13.1. The highest BCUT2D eigenvalue weighted by Gasteiger charge is 2.52. The van der Waals surface area contributed by atoms with Gasteiger partial charge in [-0.1, -0.05) is 18.2 Å². The predicted octanol–water partition coefficient (Wildman–Crippen LogP) is 2.28. The van der Waals surface area contributed by atoms with E-state index in [1.54, 1.807) is 7.11 Å². The van der Waals surface area contributed by atoms with Gasteiger partial charge >= 0.3 is 0 Å². The number of benzene rings is 1. The molecule has 0 radical (unpaired) electrons. The maximum Gasteiger partial charge on any atom is 0.231 e. The maximum atomic E-state index is 13.1. The summed E-state index contributed by atoms with van der Waals surface area (Å²) in [7, 11) is 5.47. The first-order valence-corrected chi connectivity index (χ1v) is 10.6. The van der Waals surface area contributed by atoms with Crippen LogP contribution in [0.2, 0.25) is 0 Å². The summed E-state index contributed by atoms with van der Waals surface area (Å²) in [4.78, 5) is 31.0. The fraction of sp³-hybridized carbons (Fsp3) is 0.545. The SMILES string of the molecule is COc1ccccc1C1(C(=O)NCc2nc(N(C)C)nc(N3CCCCC3)n2)CC1. The van der Waals surface area contributed by atoms with Gasteiger partial charge in [0.05, 0.1) is 19.1 Å². The second kappa shape index (κ2) is 8.45. The van der Waals surface area contributed by atoms with E-state index in [0.29, 0.717) is 17.7 Å². The van der Waals surface area contributed by atoms with Crippen LogP contribution in [0.15, 0.2) is 24.3 Å². The Bertz CT molecular complexity index is 906. The molecule has 160 valence electrons. The minimum Gasteiger partial charge on any atom is -0.496 e. The zero-order chi connectivity index (χ0) is 21.1. The Hall–Kier alpha value is -2.90. The molecule has 0 bridgehead atoms. The summed E-state index contributed by atoms with van der Waals surface area (Å²) in [5.41, 5.74) is 0.434. The number of methoxy groups -OCH3 is 1. The summed E-state index contributed by atoms with van der Waals surface area (Å²) in [6.45, 7) is 2.19. The number of ether oxygens (including phenoxy) is 1. The number of rotatable bonds is 7. The van der Waals surface area contributed by atoms with E-state index in [9.17, 15) is 4.79 Å². The number of hydrogen-bond acceptors (Lipinski definition) is 7. The highest BCUT2D eigenvalue weighted by molar-refractivity contribution is 5.92. The molecule has 1 N–H and O–H groups in total. The van der Waals surface area contributed by atoms with Gasteiger partial charge in [0, 0.05) is 32.7 Å². The van der Waals surface area contributed by atoms with Crippen molar-refractivity contribution in [2.45, 2.75) is 44.1 Å². The minimum atomic E-state index is -0.514. The fourth-order valence-electron chi connectivity index (χ4n) is 4.02. The molecule has 1 aliphatic carbocycles. The molecule has 0 unspecified atom stereocenters. The van der Waals surface area contributed by atoms with Gasteiger partial charge < -0.3 is 19.9 Å². The number of carbonyl (C=O) groups is 1. The standard InChI is InChI=1S/C22H30N6O2/c1-27(2)20-24-18(25-21(26-20)28-13-7-4-8-14-28)15-23-19(29)22(11-12-22)16-9-5-6-10-17(16)30-3/h5-6,9-10H,4,7-8,11-15H2,1-3H3,(H,23,29). The summed E-state index contributed by atoms with van der Waals surface area (Å²) in [6.07, 6.45) is 5.18. The van der Waals surface area contributed by atoms with Crippen molar-refractivity contribution in [1.29, 1.82) is 0 Å². The lowest BCUT2D eigenvalue weighted by atomic mass is 9.94. The molecule has 8 heteroatoms. The Labute approximate surface area is 177 Å². The Morgan fingerprint density at radius 1 is 1.13 bits per heavy atom. The van der Waals surface area contributed by atoms with Gasteiger partial charge in [-0.25, -0.2) is 0 Å². The molecule has 0 spiro atoms. The van der Waals surface area contributed by atoms with Crippen molar-refractivity contribution < 1.29 is 9.53 Å². The molecule has 2 aliphatic rings. The Morgan fingerprint density at radius 2 is 1.87 bits per heavy atom. The molecule has 1 saturated heterocycles. The van der Waals surface area contributed by atoms with Crippen molar-refractivity contribution in [1.82, 2.24) is 20.3 Å². The molecule has 1 amide bonds. The summed E-state index contributed by atoms with van der Waals surface area (Å²) in [5.74, 6) is 2.65. The van der Waals surface area contributed by atoms with Crippen LogP contribution in [0.3, 0.4) is 0 Å². The third-order valence-electron chi connectivity index (χ3n) is 5.91. The van der Waals surface area contributed by atoms with E-state index in [1.807, 2.05) is 43.3 Å². The van der Waals surface area contributed by atoms with Crippen LogP contribution in [-0.4, -0.2) is 55.2 Å². The zero-order valence-corrected chi connectivity index (χ0v) is 18.0. The lowest BCUT2D eigenvalue weighted by Crippen LogP contribution is -2.36. The molecule has 1 saturated carbocycles. The molecule has 0 atom stereocenters. The van der Waals surface area contributed by atoms with Crippen molar-refractivity contribution in [3.05, 3.63) is 35.7 Å². The van der Waals surface area contributed by atoms with Crippen LogP contribution in [-0.2, 0) is 16.8 Å². The van der Waals surface area contributed by atoms with Crippen molar-refractivity contribution >= 4 is 17.8 Å². The van der Waals surface area contributed by atoms with Crippen LogP contribution in [0.5, 0.6) is 5.75 Å². The molecule has 2 heterocycles. The molecule has 1 aromatic carbocycles. The van der Waals surface area contributed by atoms with E-state index in [1.165, 1.54) is 6.42 Å². The van der Waals surface area contributed by atoms with E-state index >= 15 is 0 Å². The average molecular weight is 411 g/mol. The van der Waals surface area contributed by atoms with E-state index in [2.05, 4.69) is 25.2 Å². The third-order valence-corrected chi connectivity index (χ3v) is 5.91. The molecule has 1 aliphatic heterocycles. The number of hydrogen-bond donors (Lipinski definition) is 1. The molecular weight excluding hydrogens is 380 g/mol. The van der Waals surface area contributed by atoms with Crippen molar-refractivity contribution in [2.75, 3.05) is 44.1 Å². The predicted molar refractivity (Wildman–Crippen MR) is 116 cm³/mol. The van der Waals surface area contributed by atoms with E-state index in [4.69, 9.17) is 4.74 Å². The van der Waals surface area contributed by atoms with Crippen molar-refractivity contribution in [3.63, 3.8) is 0 Å². The van der Waals surface area contributed by atoms with Gasteiger partial charge in [-0.3, -0.25) is 4.79 Å². The molecule has 2 aromatic rings. The monoisotopic (exact) mass is 410 g/mol. The molecule has 30 heavy (non-hydrogen) atoms. The molecule has 8 nitrogen and oxygen atoms in total. The van der Waals surface area contributed by atoms with Crippen LogP contribution in [0.25, 0.3) is 0 Å². The van der Waals surface area contributed by atoms with Crippen LogP contribution in [0, 0.1) is 0 Å². The topological polar surface area (TPSA) is 83.5 Å². The van der Waals surface area contributed by atoms with Gasteiger partial charge in [-0.15, -0.1) is 0 Å². The first-order valence-electron chi connectivity index (χ1n) is 10.6. The van der Waals surface area contributed by atoms with Gasteiger partial charge in [-0.05, 0) is 38.2 Å². The highest BCUT2D eigenvalue weighted by atomic mass is 16.5. The zero-order valence-electron chi connectivity index (χ0n) is 18.0. The Kier molecular flexibility index (Phi) is 5.74. The quantitative estimate of drug-likeness (QED) is 0.750. The van der Waals surface area contributed by atoms with Crippen LogP contribution < -0.4 is 19.9 Å². The minimum absolute atomic E-state index is 0.00154. The smallest absolute Gasteiger partial charge is 0.231 e. The van der Waals surface area contributed by atoms with E-state index < -0.39 is 5.41 Å². The van der Waals surface area contributed by atoms with Crippen LogP contribution in [0.4, 0.5) is 11.9 Å². The Morgan fingerprint density at radius 3 is 2.53 bits per heavy atom. The lowest BCUT2D eigenvalue weighted by molar-refractivity contribution is -0.123. The van der Waals surface area contributed by atoms with Crippen molar-refractivity contribution in [3.8, 4) is 5.75 Å². The van der Waals surface area contributed by atoms with Gasteiger partial charge in [0.1, 0.15) is 5.75 Å². The number of para-hydroxylation sites is 1. The number of aromatic nitrogens is 3. The van der Waals surface area contributed by atoms with Crippen LogP contribution in [0.1, 0.15) is 43.5 Å². The molecule has 4 rings (SSSR count). The van der Waals surface area contributed by atoms with Crippen LogP contribution >= 0.6 is 0 Å². The first kappa shape index (κ1) is 20.4. The fourth-order valence-corrected chi connectivity index (χ4v) is 4.02.